The van der Waals surface area contributed by atoms with E-state index in [0.717, 1.165) is 24.3 Å². The van der Waals surface area contributed by atoms with Gasteiger partial charge in [-0.3, -0.25) is 0 Å². The molecule has 2 aromatic carbocycles. The Morgan fingerprint density at radius 2 is 0.882 bits per heavy atom. The maximum absolute atomic E-state index is 13.3. The Morgan fingerprint density at radius 1 is 0.588 bits per heavy atom. The number of halogens is 4. The molecule has 0 radical (unpaired) electrons. The van der Waals surface area contributed by atoms with Crippen LogP contribution in [0.3, 0.4) is 0 Å². The molecule has 0 heterocycles. The van der Waals surface area contributed by atoms with Crippen molar-refractivity contribution < 1.29 is 36.7 Å². The standard InChI is InChI=1S/2C6H3F2.Ti/c2*7-5-2-1-3-6(8)4-5;/h2*1-3H;/q;;+2. The fourth-order valence-electron chi connectivity index (χ4n) is 1.36. The Balaban J connectivity index is 2.45. The van der Waals surface area contributed by atoms with Gasteiger partial charge in [-0.15, -0.1) is 0 Å². The van der Waals surface area contributed by atoms with Crippen LogP contribution in [0.15, 0.2) is 36.4 Å². The molecule has 0 aromatic heterocycles. The molecule has 0 unspecified atom stereocenters. The van der Waals surface area contributed by atoms with Crippen molar-refractivity contribution in [1.82, 2.24) is 0 Å². The van der Waals surface area contributed by atoms with Gasteiger partial charge in [-0.05, 0) is 0 Å². The maximum atomic E-state index is 13.3. The van der Waals surface area contributed by atoms with Gasteiger partial charge in [0.25, 0.3) is 0 Å². The van der Waals surface area contributed by atoms with E-state index in [0.29, 0.717) is 0 Å². The zero-order valence-corrected chi connectivity index (χ0v) is 10.0. The molecule has 2 aromatic rings. The van der Waals surface area contributed by atoms with E-state index in [9.17, 15) is 17.6 Å². The summed E-state index contributed by atoms with van der Waals surface area (Å²) in [5.74, 6) is -3.03. The van der Waals surface area contributed by atoms with Crippen molar-refractivity contribution >= 4 is 7.74 Å². The van der Waals surface area contributed by atoms with Crippen LogP contribution >= 0.6 is 0 Å². The summed E-state index contributed by atoms with van der Waals surface area (Å²) in [5.41, 5.74) is 0. The van der Waals surface area contributed by atoms with E-state index in [1.54, 1.807) is 0 Å². The fourth-order valence-corrected chi connectivity index (χ4v) is 3.02. The molecular formula is C12H6F4Ti+2. The van der Waals surface area contributed by atoms with Crippen LogP contribution in [0.1, 0.15) is 0 Å². The molecule has 2 rings (SSSR count). The van der Waals surface area contributed by atoms with Crippen LogP contribution in [0.4, 0.5) is 17.6 Å². The third-order valence-corrected chi connectivity index (χ3v) is 4.45. The molecule has 0 atom stereocenters. The molecule has 84 valence electrons. The molecule has 0 aliphatic carbocycles. The summed E-state index contributed by atoms with van der Waals surface area (Å²) < 4.78 is 53.0. The van der Waals surface area contributed by atoms with Gasteiger partial charge in [-0.2, -0.15) is 0 Å². The fraction of sp³-hybridized carbons (Fsp3) is 0. The van der Waals surface area contributed by atoms with E-state index < -0.39 is 42.4 Å². The zero-order valence-electron chi connectivity index (χ0n) is 8.48. The number of hydrogen-bond donors (Lipinski definition) is 0. The molecule has 0 N–H and O–H groups in total. The van der Waals surface area contributed by atoms with Crippen molar-refractivity contribution in [1.29, 1.82) is 0 Å². The van der Waals surface area contributed by atoms with E-state index in [-0.39, 0.29) is 7.74 Å². The average molecular weight is 274 g/mol. The predicted molar refractivity (Wildman–Crippen MR) is 52.0 cm³/mol. The van der Waals surface area contributed by atoms with Gasteiger partial charge in [-0.25, -0.2) is 0 Å². The molecule has 0 saturated heterocycles. The Labute approximate surface area is 104 Å². The van der Waals surface area contributed by atoms with Gasteiger partial charge in [-0.1, -0.05) is 0 Å². The molecule has 0 fully saturated rings. The van der Waals surface area contributed by atoms with Crippen LogP contribution in [0.5, 0.6) is 0 Å². The Bertz CT molecular complexity index is 464. The normalized spacial score (nSPS) is 10.1. The number of benzene rings is 2. The first-order valence-corrected chi connectivity index (χ1v) is 6.31. The quantitative estimate of drug-likeness (QED) is 0.582. The molecule has 0 bridgehead atoms. The Kier molecular flexibility index (Phi) is 3.64. The van der Waals surface area contributed by atoms with Crippen molar-refractivity contribution in [2.24, 2.45) is 0 Å². The number of rotatable bonds is 2. The summed E-state index contributed by atoms with van der Waals surface area (Å²) in [6.45, 7) is 0. The summed E-state index contributed by atoms with van der Waals surface area (Å²) in [4.78, 5) is 0. The van der Waals surface area contributed by atoms with Gasteiger partial charge in [0, 0.05) is 0 Å². The molecule has 0 spiro atoms. The van der Waals surface area contributed by atoms with Gasteiger partial charge < -0.3 is 0 Å². The van der Waals surface area contributed by atoms with Crippen molar-refractivity contribution in [3.05, 3.63) is 59.7 Å². The summed E-state index contributed by atoms with van der Waals surface area (Å²) >= 11 is -1.71. The molecule has 5 heteroatoms. The predicted octanol–water partition coefficient (Wildman–Crippen LogP) is 2.28. The first-order chi connectivity index (χ1) is 8.09. The van der Waals surface area contributed by atoms with E-state index >= 15 is 0 Å². The third kappa shape index (κ3) is 2.59. The first kappa shape index (κ1) is 12.3. The second kappa shape index (κ2) is 5.02. The minimum atomic E-state index is -1.71. The van der Waals surface area contributed by atoms with Crippen LogP contribution in [0.2, 0.25) is 0 Å². The van der Waals surface area contributed by atoms with Gasteiger partial charge in [0.15, 0.2) is 0 Å². The van der Waals surface area contributed by atoms with Crippen molar-refractivity contribution in [3.8, 4) is 0 Å². The van der Waals surface area contributed by atoms with Gasteiger partial charge in [0.2, 0.25) is 0 Å². The first-order valence-electron chi connectivity index (χ1n) is 4.74. The second-order valence-electron chi connectivity index (χ2n) is 3.32. The van der Waals surface area contributed by atoms with Crippen LogP contribution in [0, 0.1) is 23.3 Å². The summed E-state index contributed by atoms with van der Waals surface area (Å²) in [6, 6.07) is 6.78. The van der Waals surface area contributed by atoms with Gasteiger partial charge in [0.05, 0.1) is 0 Å². The minimum absolute atomic E-state index is 0.212. The SMILES string of the molecule is Fc1cccc(F)[c]1[Ti+2][c]1c(F)cccc1F. The Hall–Kier alpha value is -1.13. The van der Waals surface area contributed by atoms with Crippen LogP contribution in [-0.4, -0.2) is 0 Å². The summed E-state index contributed by atoms with van der Waals surface area (Å²) in [5, 5.41) is 0. The van der Waals surface area contributed by atoms with Crippen LogP contribution in [0.25, 0.3) is 0 Å². The molecule has 0 nitrogen and oxygen atoms in total. The summed E-state index contributed by atoms with van der Waals surface area (Å²) in [7, 11) is 0. The summed E-state index contributed by atoms with van der Waals surface area (Å²) in [6.07, 6.45) is 0. The Morgan fingerprint density at radius 3 is 1.18 bits per heavy atom. The number of hydrogen-bond acceptors (Lipinski definition) is 0. The van der Waals surface area contributed by atoms with E-state index in [2.05, 4.69) is 0 Å². The van der Waals surface area contributed by atoms with Crippen molar-refractivity contribution in [2.45, 2.75) is 0 Å². The van der Waals surface area contributed by atoms with Gasteiger partial charge >= 0.3 is 104 Å². The van der Waals surface area contributed by atoms with Crippen molar-refractivity contribution in [3.63, 3.8) is 0 Å². The molecule has 0 amide bonds. The molecule has 0 saturated carbocycles. The van der Waals surface area contributed by atoms with Gasteiger partial charge in [0.1, 0.15) is 0 Å². The monoisotopic (exact) mass is 274 g/mol. The molecular weight excluding hydrogens is 268 g/mol. The van der Waals surface area contributed by atoms with E-state index in [4.69, 9.17) is 0 Å². The van der Waals surface area contributed by atoms with Crippen molar-refractivity contribution in [2.75, 3.05) is 0 Å². The second-order valence-corrected chi connectivity index (χ2v) is 5.27. The zero-order chi connectivity index (χ0) is 12.4. The molecule has 0 aliphatic rings. The molecule has 17 heavy (non-hydrogen) atoms. The van der Waals surface area contributed by atoms with E-state index in [1.165, 1.54) is 12.1 Å². The third-order valence-electron chi connectivity index (χ3n) is 2.18. The molecule has 0 aliphatic heterocycles. The topological polar surface area (TPSA) is 0 Å². The van der Waals surface area contributed by atoms with E-state index in [1.807, 2.05) is 0 Å². The average Bonchev–Trinajstić information content (AvgIpc) is 2.27. The van der Waals surface area contributed by atoms with Crippen LogP contribution < -0.4 is 7.74 Å². The van der Waals surface area contributed by atoms with Crippen LogP contribution in [-0.2, 0) is 19.2 Å².